The summed E-state index contributed by atoms with van der Waals surface area (Å²) in [4.78, 5) is 44.3. The van der Waals surface area contributed by atoms with Crippen molar-refractivity contribution in [3.05, 3.63) is 99.4 Å². The Balaban J connectivity index is 1.55. The summed E-state index contributed by atoms with van der Waals surface area (Å²) in [5.74, 6) is 1.12. The van der Waals surface area contributed by atoms with Crippen molar-refractivity contribution in [2.45, 2.75) is 17.9 Å². The van der Waals surface area contributed by atoms with Gasteiger partial charge in [-0.3, -0.25) is 14.4 Å². The van der Waals surface area contributed by atoms with E-state index in [1.54, 1.807) is 68.6 Å². The van der Waals surface area contributed by atoms with Gasteiger partial charge in [0.2, 0.25) is 0 Å². The lowest BCUT2D eigenvalue weighted by Crippen LogP contribution is -2.31. The Labute approximate surface area is 263 Å². The summed E-state index contributed by atoms with van der Waals surface area (Å²) in [5.41, 5.74) is 1.22. The minimum Gasteiger partial charge on any atom is -0.358 e. The van der Waals surface area contributed by atoms with E-state index in [9.17, 15) is 18.0 Å². The van der Waals surface area contributed by atoms with Gasteiger partial charge in [-0.2, -0.15) is 0 Å². The van der Waals surface area contributed by atoms with Crippen molar-refractivity contribution in [1.82, 2.24) is 20.2 Å². The monoisotopic (exact) mass is 645 g/mol. The van der Waals surface area contributed by atoms with Crippen LogP contribution in [0.1, 0.15) is 18.8 Å². The predicted octanol–water partition coefficient (Wildman–Crippen LogP) is 4.27. The number of rotatable bonds is 8. The average Bonchev–Trinajstić information content (AvgIpc) is 3.48. The van der Waals surface area contributed by atoms with Gasteiger partial charge in [0.05, 0.1) is 44.6 Å². The molecule has 4 N–H and O–H groups in total. The fraction of sp³-hybridized carbons (Fsp3) is 0.133. The summed E-state index contributed by atoms with van der Waals surface area (Å²) in [6.45, 7) is 5.45. The summed E-state index contributed by atoms with van der Waals surface area (Å²) in [6.07, 6.45) is 2.54. The van der Waals surface area contributed by atoms with Crippen LogP contribution < -0.4 is 26.8 Å². The molecule has 3 aromatic carbocycles. The number of carbonyl (C=O) groups is 1. The van der Waals surface area contributed by atoms with E-state index in [1.807, 2.05) is 0 Å². The van der Waals surface area contributed by atoms with Gasteiger partial charge in [-0.15, -0.1) is 0 Å². The molecular formula is C30H28ClN9O4S. The SMILES string of the molecule is C=N/C(N[C@@H](C)c1nc2cccc(Cl)c2c(=O)n1-c1cccc(NC(=O)Nc2ccccc2S(C)(=O)=O)c1)=C1/N=CN/C1=N/C. The minimum absolute atomic E-state index is 0.0227. The van der Waals surface area contributed by atoms with Crippen LogP contribution in [0.15, 0.2) is 103 Å². The number of hydrogen-bond donors (Lipinski definition) is 4. The second-order valence-electron chi connectivity index (χ2n) is 9.84. The first-order valence-corrected chi connectivity index (χ1v) is 15.7. The molecule has 0 bridgehead atoms. The summed E-state index contributed by atoms with van der Waals surface area (Å²) >= 11 is 6.46. The van der Waals surface area contributed by atoms with Gasteiger partial charge in [-0.25, -0.2) is 28.2 Å². The number of nitrogens with zero attached hydrogens (tertiary/aromatic N) is 5. The van der Waals surface area contributed by atoms with Gasteiger partial charge in [0.25, 0.3) is 5.56 Å². The molecule has 0 aliphatic carbocycles. The number of urea groups is 1. The van der Waals surface area contributed by atoms with Gasteiger partial charge in [0.1, 0.15) is 11.5 Å². The van der Waals surface area contributed by atoms with E-state index in [2.05, 4.69) is 43.0 Å². The zero-order valence-electron chi connectivity index (χ0n) is 24.4. The van der Waals surface area contributed by atoms with Gasteiger partial charge >= 0.3 is 6.03 Å². The van der Waals surface area contributed by atoms with Crippen LogP contribution in [0.4, 0.5) is 16.2 Å². The van der Waals surface area contributed by atoms with Crippen LogP contribution >= 0.6 is 11.6 Å². The Morgan fingerprint density at radius 2 is 1.84 bits per heavy atom. The van der Waals surface area contributed by atoms with Gasteiger partial charge in [-0.1, -0.05) is 35.9 Å². The third kappa shape index (κ3) is 6.46. The number of carbonyl (C=O) groups excluding carboxylic acids is 1. The maximum atomic E-state index is 14.0. The van der Waals surface area contributed by atoms with Crippen LogP contribution in [0.2, 0.25) is 5.02 Å². The molecule has 5 rings (SSSR count). The van der Waals surface area contributed by atoms with Gasteiger partial charge in [0, 0.05) is 19.0 Å². The fourth-order valence-electron chi connectivity index (χ4n) is 4.74. The number of nitrogens with one attached hydrogen (secondary N) is 4. The van der Waals surface area contributed by atoms with E-state index < -0.39 is 27.5 Å². The number of aliphatic imine (C=N–C) groups is 3. The third-order valence-electron chi connectivity index (χ3n) is 6.74. The Hall–Kier alpha value is -5.34. The summed E-state index contributed by atoms with van der Waals surface area (Å²) in [7, 11) is -1.98. The highest BCUT2D eigenvalue weighted by Crippen LogP contribution is 2.26. The maximum absolute atomic E-state index is 14.0. The highest BCUT2D eigenvalue weighted by molar-refractivity contribution is 7.90. The Morgan fingerprint density at radius 3 is 2.58 bits per heavy atom. The lowest BCUT2D eigenvalue weighted by Gasteiger charge is -2.21. The number of hydrogen-bond acceptors (Lipinski definition) is 9. The average molecular weight is 646 g/mol. The number of fused-ring (bicyclic) bond motifs is 1. The molecule has 15 heteroatoms. The molecule has 230 valence electrons. The first-order valence-electron chi connectivity index (χ1n) is 13.4. The smallest absolute Gasteiger partial charge is 0.323 e. The standard InChI is InChI=1S/C30H28ClN9O4S/c1-17(36-27(33-3)25-26(32-2)35-16-34-25)28-38-22-13-8-11-20(31)24(22)29(41)40(28)19-10-7-9-18(15-19)37-30(42)39-21-12-5-6-14-23(21)45(4,43)44/h5-17,36H,3H2,1-2,4H3,(H,32,34,35)(H2,37,39,42)/b27-25-/t17-/m0/s1. The van der Waals surface area contributed by atoms with Crippen molar-refractivity contribution in [1.29, 1.82) is 0 Å². The van der Waals surface area contributed by atoms with E-state index >= 15 is 0 Å². The zero-order chi connectivity index (χ0) is 32.3. The van der Waals surface area contributed by atoms with Crippen molar-refractivity contribution in [3.8, 4) is 5.69 Å². The second kappa shape index (κ2) is 12.7. The molecule has 1 aliphatic heterocycles. The molecule has 0 spiro atoms. The van der Waals surface area contributed by atoms with E-state index in [0.29, 0.717) is 40.1 Å². The van der Waals surface area contributed by atoms with Crippen molar-refractivity contribution in [3.63, 3.8) is 0 Å². The van der Waals surface area contributed by atoms with Crippen LogP contribution in [-0.4, -0.2) is 56.2 Å². The van der Waals surface area contributed by atoms with Gasteiger partial charge in [0.15, 0.2) is 21.5 Å². The molecule has 0 fully saturated rings. The highest BCUT2D eigenvalue weighted by atomic mass is 35.5. The van der Waals surface area contributed by atoms with Crippen molar-refractivity contribution in [2.75, 3.05) is 23.9 Å². The lowest BCUT2D eigenvalue weighted by molar-refractivity contribution is 0.262. The number of anilines is 2. The Kier molecular flexibility index (Phi) is 8.79. The summed E-state index contributed by atoms with van der Waals surface area (Å²) in [5, 5.41) is 11.9. The van der Waals surface area contributed by atoms with E-state index in [-0.39, 0.29) is 21.0 Å². The van der Waals surface area contributed by atoms with Crippen molar-refractivity contribution in [2.24, 2.45) is 15.0 Å². The van der Waals surface area contributed by atoms with Crippen LogP contribution in [0.3, 0.4) is 0 Å². The highest BCUT2D eigenvalue weighted by Gasteiger charge is 2.23. The van der Waals surface area contributed by atoms with Gasteiger partial charge < -0.3 is 21.3 Å². The number of halogens is 1. The minimum atomic E-state index is -3.59. The van der Waals surface area contributed by atoms with E-state index in [4.69, 9.17) is 16.6 Å². The van der Waals surface area contributed by atoms with Crippen LogP contribution in [0, 0.1) is 0 Å². The van der Waals surface area contributed by atoms with Crippen molar-refractivity contribution >= 4 is 68.6 Å². The number of sulfone groups is 1. The predicted molar refractivity (Wildman–Crippen MR) is 178 cm³/mol. The molecule has 2 heterocycles. The number of para-hydroxylation sites is 1. The lowest BCUT2D eigenvalue weighted by atomic mass is 10.2. The Bertz CT molecular complexity index is 2110. The molecule has 2 amide bonds. The number of amidine groups is 1. The summed E-state index contributed by atoms with van der Waals surface area (Å²) < 4.78 is 25.7. The third-order valence-corrected chi connectivity index (χ3v) is 8.21. The largest absolute Gasteiger partial charge is 0.358 e. The normalized spacial score (nSPS) is 15.4. The second-order valence-corrected chi connectivity index (χ2v) is 12.2. The number of aromatic nitrogens is 2. The molecule has 1 aliphatic rings. The molecule has 4 aromatic rings. The van der Waals surface area contributed by atoms with Crippen LogP contribution in [0.25, 0.3) is 16.6 Å². The first-order chi connectivity index (χ1) is 21.5. The molecule has 0 unspecified atom stereocenters. The molecule has 1 atom stereocenters. The van der Waals surface area contributed by atoms with E-state index in [1.165, 1.54) is 23.0 Å². The first kappa shape index (κ1) is 31.1. The zero-order valence-corrected chi connectivity index (χ0v) is 25.9. The molecule has 1 aromatic heterocycles. The maximum Gasteiger partial charge on any atom is 0.323 e. The topological polar surface area (TPSA) is 171 Å². The summed E-state index contributed by atoms with van der Waals surface area (Å²) in [6, 6.07) is 16.3. The Morgan fingerprint density at radius 1 is 1.09 bits per heavy atom. The van der Waals surface area contributed by atoms with Crippen LogP contribution in [0.5, 0.6) is 0 Å². The molecule has 0 radical (unpaired) electrons. The van der Waals surface area contributed by atoms with Crippen LogP contribution in [-0.2, 0) is 9.84 Å². The molecule has 45 heavy (non-hydrogen) atoms. The molecule has 0 saturated carbocycles. The fourth-order valence-corrected chi connectivity index (χ4v) is 5.83. The number of benzene rings is 3. The molecule has 13 nitrogen and oxygen atoms in total. The molecular weight excluding hydrogens is 618 g/mol. The van der Waals surface area contributed by atoms with E-state index in [0.717, 1.165) is 6.26 Å². The number of amides is 2. The van der Waals surface area contributed by atoms with Gasteiger partial charge in [-0.05, 0) is 56.1 Å². The molecule has 0 saturated heterocycles. The quantitative estimate of drug-likeness (QED) is 0.207. The van der Waals surface area contributed by atoms with Crippen molar-refractivity contribution < 1.29 is 13.2 Å².